The number of ether oxygens (including phenoxy) is 1. The Kier molecular flexibility index (Phi) is 14.3. The van der Waals surface area contributed by atoms with E-state index in [-0.39, 0.29) is 61.7 Å². The molecule has 4 aliphatic rings. The molecule has 5 heterocycles. The smallest absolute Gasteiger partial charge is 0.326 e. The first-order valence-electron chi connectivity index (χ1n) is 24.3. The quantitative estimate of drug-likeness (QED) is 0.103. The largest absolute Gasteiger partial charge is 0.508 e. The predicted molar refractivity (Wildman–Crippen MR) is 261 cm³/mol. The lowest BCUT2D eigenvalue weighted by Gasteiger charge is -2.33. The molecule has 0 radical (unpaired) electrons. The number of hydrogen-bond acceptors (Lipinski definition) is 11. The maximum absolute atomic E-state index is 14.7. The van der Waals surface area contributed by atoms with Crippen molar-refractivity contribution in [3.8, 4) is 28.1 Å². The summed E-state index contributed by atoms with van der Waals surface area (Å²) >= 11 is 0. The van der Waals surface area contributed by atoms with Gasteiger partial charge in [-0.3, -0.25) is 34.5 Å². The fourth-order valence-electron chi connectivity index (χ4n) is 10.3. The molecule has 1 saturated carbocycles. The Morgan fingerprint density at radius 3 is 2.54 bits per heavy atom. The number of hydrogen-bond donors (Lipinski definition) is 4. The number of nitrogens with zero attached hydrogens (tertiary/aromatic N) is 6. The molecule has 3 fully saturated rings. The van der Waals surface area contributed by atoms with Crippen molar-refractivity contribution >= 4 is 34.5 Å². The van der Waals surface area contributed by atoms with E-state index in [4.69, 9.17) is 14.6 Å². The van der Waals surface area contributed by atoms with Crippen LogP contribution in [0, 0.1) is 16.2 Å². The standard InChI is InChI=1S/C52H67N9O8/c1-10-59-41-19-18-34-26-38(41)39(48(59)37-16-12-20-53-44(37)31(4)68-9)27-52(5,6)29-69-61(67)42-17-13-21-60(56-42)50(65)40(24-32-22-35(34)25-36(62)23-32)54-49(64)47(30(2)3)58(8)43(63)28-57(7)51(66)46-45(55-46)33-14-11-15-33/h12,16,18-20,22-23,25-26,31,33,40,42,45-46,55-56H,10-11,13-15,17,21,24,27-29H2,1-9H3,(H-,54,62,64)/p+1/t31-,40-,42+,45-,46-/m0/s1. The monoisotopic (exact) mass is 947 g/mol. The Bertz CT molecular complexity index is 2690. The highest BCUT2D eigenvalue weighted by molar-refractivity contribution is 6.01. The number of carbonyl (C=O) groups is 4. The summed E-state index contributed by atoms with van der Waals surface area (Å²) in [7, 11) is 4.74. The zero-order valence-electron chi connectivity index (χ0n) is 41.4. The molecule has 17 nitrogen and oxygen atoms in total. The van der Waals surface area contributed by atoms with E-state index in [1.165, 1.54) is 21.9 Å². The number of phenolic OH excluding ortho intramolecular Hbond substituents is 1. The van der Waals surface area contributed by atoms with Crippen LogP contribution in [0.2, 0.25) is 0 Å². The first-order valence-corrected chi connectivity index (χ1v) is 24.3. The summed E-state index contributed by atoms with van der Waals surface area (Å²) in [6, 6.07) is 14.0. The van der Waals surface area contributed by atoms with Crippen molar-refractivity contribution in [2.24, 2.45) is 11.3 Å². The molecular weight excluding hydrogens is 879 g/mol. The Morgan fingerprint density at radius 2 is 1.84 bits per heavy atom. The van der Waals surface area contributed by atoms with Gasteiger partial charge in [-0.1, -0.05) is 32.4 Å². The number of benzene rings is 2. The van der Waals surface area contributed by atoms with Crippen LogP contribution in [0.4, 0.5) is 0 Å². The van der Waals surface area contributed by atoms with Crippen LogP contribution >= 0.6 is 0 Å². The maximum Gasteiger partial charge on any atom is 0.326 e. The molecule has 5 atom stereocenters. The number of aromatic hydroxyl groups is 1. The number of fused-ring (bicyclic) bond motifs is 6. The van der Waals surface area contributed by atoms with Crippen LogP contribution < -0.4 is 16.1 Å². The highest BCUT2D eigenvalue weighted by Crippen LogP contribution is 2.42. The van der Waals surface area contributed by atoms with Gasteiger partial charge in [0, 0.05) is 81.3 Å². The lowest BCUT2D eigenvalue weighted by Crippen LogP contribution is -2.61. The van der Waals surface area contributed by atoms with Crippen LogP contribution in [0.1, 0.15) is 96.6 Å². The zero-order chi connectivity index (χ0) is 49.5. The van der Waals surface area contributed by atoms with Crippen molar-refractivity contribution in [2.75, 3.05) is 40.9 Å². The van der Waals surface area contributed by atoms with Crippen LogP contribution in [-0.2, 0) is 48.1 Å². The number of methoxy groups -OCH3 is 1. The molecule has 4 N–H and O–H groups in total. The summed E-state index contributed by atoms with van der Waals surface area (Å²) in [6.45, 7) is 12.3. The van der Waals surface area contributed by atoms with E-state index in [2.05, 4.69) is 59.6 Å². The van der Waals surface area contributed by atoms with Gasteiger partial charge < -0.3 is 29.5 Å². The van der Waals surface area contributed by atoms with Crippen LogP contribution in [0.3, 0.4) is 0 Å². The molecule has 0 spiro atoms. The lowest BCUT2D eigenvalue weighted by molar-refractivity contribution is -0.835. The summed E-state index contributed by atoms with van der Waals surface area (Å²) in [5, 5.41) is 19.9. The summed E-state index contributed by atoms with van der Waals surface area (Å²) in [6.07, 6.45) is 5.26. The Labute approximate surface area is 404 Å². The van der Waals surface area contributed by atoms with E-state index in [0.29, 0.717) is 53.3 Å². The summed E-state index contributed by atoms with van der Waals surface area (Å²) in [5.41, 5.74) is 9.90. The van der Waals surface area contributed by atoms with Gasteiger partial charge in [-0.15, -0.1) is 0 Å². The molecule has 8 rings (SSSR count). The van der Waals surface area contributed by atoms with Crippen molar-refractivity contribution < 1.29 is 38.8 Å². The maximum atomic E-state index is 14.7. The van der Waals surface area contributed by atoms with E-state index < -0.39 is 35.3 Å². The normalized spacial score (nSPS) is 21.9. The minimum atomic E-state index is -1.22. The van der Waals surface area contributed by atoms with Crippen LogP contribution in [0.15, 0.2) is 66.0 Å². The Morgan fingerprint density at radius 1 is 1.07 bits per heavy atom. The van der Waals surface area contributed by atoms with Gasteiger partial charge in [-0.25, -0.2) is 4.84 Å². The first kappa shape index (κ1) is 49.3. The van der Waals surface area contributed by atoms with Gasteiger partial charge in [0.05, 0.1) is 28.9 Å². The van der Waals surface area contributed by atoms with E-state index in [1.54, 1.807) is 46.3 Å². The number of aromatic nitrogens is 2. The fraction of sp³-hybridized carbons (Fsp3) is 0.519. The van der Waals surface area contributed by atoms with Crippen LogP contribution in [0.5, 0.6) is 5.75 Å². The molecule has 1 aliphatic carbocycles. The van der Waals surface area contributed by atoms with Gasteiger partial charge in [0.15, 0.2) is 6.61 Å². The predicted octanol–water partition coefficient (Wildman–Crippen LogP) is 5.93. The molecule has 368 valence electrons. The second-order valence-corrected chi connectivity index (χ2v) is 20.3. The molecule has 4 aromatic rings. The second-order valence-electron chi connectivity index (χ2n) is 20.3. The SMILES string of the molecule is CCn1c(-c2cccnc2[C@H](C)OC)c2c3cc(ccc31)-c1cc(O)cc(c1)C[C@H](NC(=O)C(=C(C)C)N(C)C(=O)CN(C)C(=O)[C@H]1N[C@H]1C1CCC1)C(=O)N1CCC[C@H](N1)[N+](=O)OCC(C)(C)C2. The van der Waals surface area contributed by atoms with Crippen LogP contribution in [0.25, 0.3) is 33.3 Å². The Balaban J connectivity index is 1.15. The number of nitrogens with one attached hydrogen (secondary N) is 3. The topological polar surface area (TPSA) is 201 Å². The molecule has 6 bridgehead atoms. The minimum Gasteiger partial charge on any atom is -0.508 e. The molecule has 2 saturated heterocycles. The van der Waals surface area contributed by atoms with E-state index >= 15 is 0 Å². The fourth-order valence-corrected chi connectivity index (χ4v) is 10.3. The molecule has 4 amide bonds. The zero-order valence-corrected chi connectivity index (χ0v) is 41.4. The molecular formula is C52H68N9O8+. The third kappa shape index (κ3) is 10.3. The van der Waals surface area contributed by atoms with Gasteiger partial charge in [0.25, 0.3) is 11.8 Å². The number of rotatable bonds is 11. The highest BCUT2D eigenvalue weighted by Gasteiger charge is 2.50. The highest BCUT2D eigenvalue weighted by atomic mass is 16.8. The second kappa shape index (κ2) is 20.0. The van der Waals surface area contributed by atoms with Gasteiger partial charge >= 0.3 is 6.17 Å². The average molecular weight is 947 g/mol. The summed E-state index contributed by atoms with van der Waals surface area (Å²) < 4.78 is 8.09. The number of hydrazine groups is 1. The Hall–Kier alpha value is -6.17. The minimum absolute atomic E-state index is 0.0269. The summed E-state index contributed by atoms with van der Waals surface area (Å²) in [5.74, 6) is -1.37. The molecule has 2 aromatic carbocycles. The molecule has 17 heteroatoms. The molecule has 2 aromatic heterocycles. The number of likely N-dealkylation sites (N-methyl/N-ethyl adjacent to an activating group) is 2. The number of phenols is 1. The van der Waals surface area contributed by atoms with E-state index in [0.717, 1.165) is 58.2 Å². The summed E-state index contributed by atoms with van der Waals surface area (Å²) in [4.78, 5) is 84.1. The number of carbonyl (C=O) groups excluding carboxylic acids is 4. The van der Waals surface area contributed by atoms with Crippen molar-refractivity contribution in [2.45, 2.75) is 123 Å². The van der Waals surface area contributed by atoms with Gasteiger partial charge in [0.1, 0.15) is 23.5 Å². The number of amides is 4. The third-order valence-electron chi connectivity index (χ3n) is 14.3. The van der Waals surface area contributed by atoms with Gasteiger partial charge in [0.2, 0.25) is 16.7 Å². The van der Waals surface area contributed by atoms with Crippen molar-refractivity contribution in [1.29, 1.82) is 0 Å². The van der Waals surface area contributed by atoms with Crippen molar-refractivity contribution in [1.82, 2.24) is 40.4 Å². The van der Waals surface area contributed by atoms with Crippen LogP contribution in [-0.4, -0.2) is 123 Å². The molecule has 0 unspecified atom stereocenters. The van der Waals surface area contributed by atoms with Gasteiger partial charge in [-0.2, -0.15) is 5.43 Å². The lowest BCUT2D eigenvalue weighted by atomic mass is 9.81. The van der Waals surface area contributed by atoms with Crippen molar-refractivity contribution in [3.05, 3.63) is 87.7 Å². The van der Waals surface area contributed by atoms with E-state index in [1.807, 2.05) is 25.1 Å². The molecule has 3 aliphatic heterocycles. The van der Waals surface area contributed by atoms with E-state index in [9.17, 15) is 29.2 Å². The third-order valence-corrected chi connectivity index (χ3v) is 14.3. The number of pyridine rings is 1. The first-order chi connectivity index (χ1) is 32.9. The van der Waals surface area contributed by atoms with Crippen molar-refractivity contribution in [3.63, 3.8) is 0 Å². The number of aryl methyl sites for hydroxylation is 1. The van der Waals surface area contributed by atoms with Gasteiger partial charge in [-0.05, 0) is 124 Å². The number of allylic oxidation sites excluding steroid dienone is 1. The molecule has 69 heavy (non-hydrogen) atoms. The average Bonchev–Trinajstić information content (AvgIpc) is 4.02.